The van der Waals surface area contributed by atoms with Crippen molar-refractivity contribution < 1.29 is 0 Å². The van der Waals surface area contributed by atoms with Crippen LogP contribution in [0.3, 0.4) is 0 Å². The fourth-order valence-electron chi connectivity index (χ4n) is 0.516. The van der Waals surface area contributed by atoms with Crippen LogP contribution in [0, 0.1) is 5.92 Å². The predicted molar refractivity (Wildman–Crippen MR) is 49.4 cm³/mol. The van der Waals surface area contributed by atoms with E-state index in [0.29, 0.717) is 0 Å². The summed E-state index contributed by atoms with van der Waals surface area (Å²) in [4.78, 5) is 2.22. The average Bonchev–Trinajstić information content (AvgIpc) is 1.89. The maximum Gasteiger partial charge on any atom is -0.00224 e. The monoisotopic (exact) mass is 145 g/mol. The molecule has 0 rings (SSSR count). The van der Waals surface area contributed by atoms with Crippen molar-refractivity contribution in [2.45, 2.75) is 34.1 Å². The van der Waals surface area contributed by atoms with Crippen LogP contribution < -0.4 is 0 Å². The highest BCUT2D eigenvalue weighted by Gasteiger charge is 1.93. The van der Waals surface area contributed by atoms with E-state index in [2.05, 4.69) is 32.8 Å². The first-order valence-corrected chi connectivity index (χ1v) is 4.27. The van der Waals surface area contributed by atoms with Crippen molar-refractivity contribution in [3.8, 4) is 0 Å². The molecule has 0 fully saturated rings. The van der Waals surface area contributed by atoms with E-state index in [0.717, 1.165) is 5.92 Å². The minimum Gasteiger partial charge on any atom is -0.309 e. The van der Waals surface area contributed by atoms with E-state index in [1.54, 1.807) is 0 Å². The molecule has 0 radical (unpaired) electrons. The van der Waals surface area contributed by atoms with Crippen molar-refractivity contribution in [2.75, 3.05) is 20.6 Å². The molecule has 1 heteroatoms. The summed E-state index contributed by atoms with van der Waals surface area (Å²) in [6.07, 6.45) is 1.31. The number of hydrogen-bond acceptors (Lipinski definition) is 1. The van der Waals surface area contributed by atoms with Gasteiger partial charge in [0, 0.05) is 0 Å². The van der Waals surface area contributed by atoms with E-state index in [9.17, 15) is 0 Å². The van der Waals surface area contributed by atoms with Gasteiger partial charge in [0.05, 0.1) is 0 Å². The minimum absolute atomic E-state index is 0.845. The first-order valence-electron chi connectivity index (χ1n) is 4.27. The molecule has 64 valence electrons. The van der Waals surface area contributed by atoms with Crippen LogP contribution in [0.25, 0.3) is 0 Å². The van der Waals surface area contributed by atoms with Gasteiger partial charge in [0.25, 0.3) is 0 Å². The summed E-state index contributed by atoms with van der Waals surface area (Å²) in [5, 5.41) is 0. The van der Waals surface area contributed by atoms with Crippen molar-refractivity contribution in [3.63, 3.8) is 0 Å². The van der Waals surface area contributed by atoms with Crippen molar-refractivity contribution in [1.29, 1.82) is 0 Å². The Balaban J connectivity index is 0. The van der Waals surface area contributed by atoms with Crippen LogP contribution in [-0.2, 0) is 0 Å². The molecule has 0 saturated heterocycles. The molecule has 0 saturated carbocycles. The second-order valence-corrected chi connectivity index (χ2v) is 2.99. The second kappa shape index (κ2) is 8.96. The van der Waals surface area contributed by atoms with Gasteiger partial charge in [0.2, 0.25) is 0 Å². The van der Waals surface area contributed by atoms with Crippen LogP contribution in [0.2, 0.25) is 0 Å². The van der Waals surface area contributed by atoms with Crippen molar-refractivity contribution in [2.24, 2.45) is 5.92 Å². The summed E-state index contributed by atoms with van der Waals surface area (Å²) in [7, 11) is 4.23. The summed E-state index contributed by atoms with van der Waals surface area (Å²) >= 11 is 0. The van der Waals surface area contributed by atoms with E-state index in [1.807, 2.05) is 13.8 Å². The van der Waals surface area contributed by atoms with Crippen LogP contribution in [-0.4, -0.2) is 25.5 Å². The molecule has 0 aliphatic heterocycles. The Morgan fingerprint density at radius 1 is 1.10 bits per heavy atom. The molecule has 0 aromatic heterocycles. The van der Waals surface area contributed by atoms with Gasteiger partial charge in [0.15, 0.2) is 0 Å². The average molecular weight is 145 g/mol. The highest BCUT2D eigenvalue weighted by molar-refractivity contribution is 4.47. The quantitative estimate of drug-likeness (QED) is 0.590. The summed E-state index contributed by atoms with van der Waals surface area (Å²) in [5.41, 5.74) is 0. The van der Waals surface area contributed by atoms with Crippen LogP contribution in [0.4, 0.5) is 0 Å². The molecule has 10 heavy (non-hydrogen) atoms. The Morgan fingerprint density at radius 2 is 1.50 bits per heavy atom. The maximum atomic E-state index is 2.25. The normalized spacial score (nSPS) is 9.60. The number of hydrogen-bond donors (Lipinski definition) is 0. The highest BCUT2D eigenvalue weighted by atomic mass is 15.0. The Bertz CT molecular complexity index is 40.7. The number of rotatable bonds is 3. The molecular weight excluding hydrogens is 122 g/mol. The molecule has 0 aromatic rings. The SMILES string of the molecule is CC.CC(C)CCN(C)C. The van der Waals surface area contributed by atoms with Gasteiger partial charge >= 0.3 is 0 Å². The molecule has 0 atom stereocenters. The molecule has 0 aliphatic rings. The largest absolute Gasteiger partial charge is 0.309 e. The van der Waals surface area contributed by atoms with Crippen LogP contribution >= 0.6 is 0 Å². The molecule has 0 spiro atoms. The molecule has 0 aromatic carbocycles. The lowest BCUT2D eigenvalue weighted by molar-refractivity contribution is 0.369. The van der Waals surface area contributed by atoms with Crippen LogP contribution in [0.15, 0.2) is 0 Å². The first kappa shape index (κ1) is 12.6. The van der Waals surface area contributed by atoms with Crippen LogP contribution in [0.1, 0.15) is 34.1 Å². The molecular formula is C9H23N. The Hall–Kier alpha value is -0.0400. The van der Waals surface area contributed by atoms with E-state index >= 15 is 0 Å². The Morgan fingerprint density at radius 3 is 1.60 bits per heavy atom. The van der Waals surface area contributed by atoms with Gasteiger partial charge in [-0.1, -0.05) is 27.7 Å². The standard InChI is InChI=1S/C7H17N.C2H6/c1-7(2)5-6-8(3)4;1-2/h7H,5-6H2,1-4H3;1-2H3. The third kappa shape index (κ3) is 15.7. The predicted octanol–water partition coefficient (Wildman–Crippen LogP) is 2.62. The molecule has 0 unspecified atom stereocenters. The number of nitrogens with zero attached hydrogens (tertiary/aromatic N) is 1. The molecule has 0 aliphatic carbocycles. The topological polar surface area (TPSA) is 3.24 Å². The van der Waals surface area contributed by atoms with Crippen LogP contribution in [0.5, 0.6) is 0 Å². The summed E-state index contributed by atoms with van der Waals surface area (Å²) < 4.78 is 0. The van der Waals surface area contributed by atoms with Gasteiger partial charge in [-0.15, -0.1) is 0 Å². The van der Waals surface area contributed by atoms with Gasteiger partial charge in [-0.2, -0.15) is 0 Å². The lowest BCUT2D eigenvalue weighted by Crippen LogP contribution is -2.14. The Kier molecular flexibility index (Phi) is 11.3. The molecule has 0 heterocycles. The van der Waals surface area contributed by atoms with Gasteiger partial charge in [-0.05, 0) is 33.0 Å². The van der Waals surface area contributed by atoms with Gasteiger partial charge in [-0.25, -0.2) is 0 Å². The lowest BCUT2D eigenvalue weighted by atomic mass is 10.1. The zero-order valence-corrected chi connectivity index (χ0v) is 8.44. The Labute approximate surface area is 66.4 Å². The fraction of sp³-hybridized carbons (Fsp3) is 1.00. The molecule has 1 nitrogen and oxygen atoms in total. The van der Waals surface area contributed by atoms with Crippen molar-refractivity contribution in [1.82, 2.24) is 4.90 Å². The smallest absolute Gasteiger partial charge is 0.00224 e. The van der Waals surface area contributed by atoms with Gasteiger partial charge in [-0.3, -0.25) is 0 Å². The minimum atomic E-state index is 0.845. The lowest BCUT2D eigenvalue weighted by Gasteiger charge is -2.10. The van der Waals surface area contributed by atoms with E-state index in [1.165, 1.54) is 13.0 Å². The van der Waals surface area contributed by atoms with Crippen molar-refractivity contribution in [3.05, 3.63) is 0 Å². The third-order valence-corrected chi connectivity index (χ3v) is 1.15. The summed E-state index contributed by atoms with van der Waals surface area (Å²) in [5.74, 6) is 0.845. The van der Waals surface area contributed by atoms with Gasteiger partial charge in [0.1, 0.15) is 0 Å². The molecule has 0 N–H and O–H groups in total. The zero-order chi connectivity index (χ0) is 8.57. The van der Waals surface area contributed by atoms with Crippen molar-refractivity contribution >= 4 is 0 Å². The molecule has 0 amide bonds. The fourth-order valence-corrected chi connectivity index (χ4v) is 0.516. The maximum absolute atomic E-state index is 2.25. The zero-order valence-electron chi connectivity index (χ0n) is 8.44. The van der Waals surface area contributed by atoms with E-state index in [4.69, 9.17) is 0 Å². The van der Waals surface area contributed by atoms with E-state index in [-0.39, 0.29) is 0 Å². The second-order valence-electron chi connectivity index (χ2n) is 2.99. The third-order valence-electron chi connectivity index (χ3n) is 1.15. The van der Waals surface area contributed by atoms with Gasteiger partial charge < -0.3 is 4.90 Å². The highest BCUT2D eigenvalue weighted by Crippen LogP contribution is 1.98. The summed E-state index contributed by atoms with van der Waals surface area (Å²) in [6, 6.07) is 0. The first-order chi connectivity index (χ1) is 4.63. The van der Waals surface area contributed by atoms with E-state index < -0.39 is 0 Å². The molecule has 0 bridgehead atoms. The summed E-state index contributed by atoms with van der Waals surface area (Å²) in [6.45, 7) is 9.73.